The average molecular weight is 463 g/mol. The molecule has 0 bridgehead atoms. The van der Waals surface area contributed by atoms with Crippen molar-refractivity contribution in [3.8, 4) is 5.75 Å². The van der Waals surface area contributed by atoms with Crippen LogP contribution in [0.25, 0.3) is 5.76 Å². The average Bonchev–Trinajstić information content (AvgIpc) is 3.41. The topological polar surface area (TPSA) is 79.7 Å². The van der Waals surface area contributed by atoms with Crippen LogP contribution in [-0.2, 0) is 21.5 Å². The first-order valence-corrected chi connectivity index (χ1v) is 11.5. The predicted octanol–water partition coefficient (Wildman–Crippen LogP) is 5.07. The van der Waals surface area contributed by atoms with E-state index in [1.807, 2.05) is 29.6 Å². The number of Topliss-reactive ketones (excluding diaryl/α,β-unsaturated/α-hetero) is 1. The van der Waals surface area contributed by atoms with Gasteiger partial charge in [-0.05, 0) is 52.3 Å². The number of methoxy groups -OCH3 is 1. The largest absolute Gasteiger partial charge is 0.507 e. The molecule has 1 aliphatic heterocycles. The Labute approximate surface area is 197 Å². The summed E-state index contributed by atoms with van der Waals surface area (Å²) in [5.41, 5.74) is 2.11. The first-order valence-electron chi connectivity index (χ1n) is 10.6. The second-order valence-corrected chi connectivity index (χ2v) is 9.94. The van der Waals surface area contributed by atoms with E-state index in [9.17, 15) is 14.7 Å². The molecule has 2 aromatic heterocycles. The summed E-state index contributed by atoms with van der Waals surface area (Å²) in [6.07, 6.45) is 3.30. The lowest BCUT2D eigenvalue weighted by Crippen LogP contribution is -2.28. The van der Waals surface area contributed by atoms with Gasteiger partial charge in [-0.15, -0.1) is 11.3 Å². The molecule has 33 heavy (non-hydrogen) atoms. The van der Waals surface area contributed by atoms with Gasteiger partial charge in [0, 0.05) is 23.8 Å². The molecule has 6 nitrogen and oxygen atoms in total. The molecule has 1 fully saturated rings. The van der Waals surface area contributed by atoms with Crippen molar-refractivity contribution in [2.75, 3.05) is 7.11 Å². The first kappa shape index (κ1) is 22.7. The number of pyridine rings is 1. The number of likely N-dealkylation sites (tertiary alicyclic amines) is 1. The first-order chi connectivity index (χ1) is 15.7. The maximum Gasteiger partial charge on any atom is 0.295 e. The zero-order valence-corrected chi connectivity index (χ0v) is 19.8. The predicted molar refractivity (Wildman–Crippen MR) is 128 cm³/mol. The van der Waals surface area contributed by atoms with Gasteiger partial charge in [0.25, 0.3) is 11.7 Å². The number of carbonyl (C=O) groups excluding carboxylic acids is 2. The number of ketones is 1. The van der Waals surface area contributed by atoms with E-state index in [0.717, 1.165) is 16.0 Å². The van der Waals surface area contributed by atoms with E-state index < -0.39 is 17.7 Å². The fourth-order valence-electron chi connectivity index (χ4n) is 3.98. The Kier molecular flexibility index (Phi) is 6.08. The molecule has 1 saturated heterocycles. The van der Waals surface area contributed by atoms with Gasteiger partial charge in [-0.1, -0.05) is 32.9 Å². The SMILES string of the molecule is COc1ccc(C(C)(C)C)cc1/C(O)=C1\C(=O)C(=O)N(Cc2ccncc2)C1c1cccs1. The Morgan fingerprint density at radius 3 is 2.48 bits per heavy atom. The highest BCUT2D eigenvalue weighted by molar-refractivity contribution is 7.10. The van der Waals surface area contributed by atoms with Crippen molar-refractivity contribution >= 4 is 28.8 Å². The maximum absolute atomic E-state index is 13.3. The molecule has 1 aliphatic rings. The standard InChI is InChI=1S/C26H26N2O4S/c1-26(2,3)17-7-8-19(32-4)18(14-17)23(29)21-22(20-6-5-13-33-20)28(25(31)24(21)30)15-16-9-11-27-12-10-16/h5-14,22,29H,15H2,1-4H3/b23-21+. The lowest BCUT2D eigenvalue weighted by atomic mass is 9.85. The molecule has 1 amide bonds. The van der Waals surface area contributed by atoms with Crippen molar-refractivity contribution in [3.63, 3.8) is 0 Å². The van der Waals surface area contributed by atoms with E-state index in [-0.39, 0.29) is 23.3 Å². The third-order valence-electron chi connectivity index (χ3n) is 5.78. The maximum atomic E-state index is 13.3. The minimum atomic E-state index is -0.705. The molecule has 0 radical (unpaired) electrons. The minimum absolute atomic E-state index is 0.0702. The number of amides is 1. The molecule has 3 aromatic rings. The molecule has 1 N–H and O–H groups in total. The fourth-order valence-corrected chi connectivity index (χ4v) is 4.82. The number of ether oxygens (including phenoxy) is 1. The van der Waals surface area contributed by atoms with Crippen LogP contribution in [0.15, 0.2) is 65.8 Å². The molecular formula is C26H26N2O4S. The summed E-state index contributed by atoms with van der Waals surface area (Å²) in [7, 11) is 1.52. The van der Waals surface area contributed by atoms with Gasteiger partial charge in [0.05, 0.1) is 24.3 Å². The minimum Gasteiger partial charge on any atom is -0.507 e. The van der Waals surface area contributed by atoms with E-state index in [1.165, 1.54) is 23.3 Å². The molecule has 1 atom stereocenters. The molecule has 0 aliphatic carbocycles. The molecule has 1 unspecified atom stereocenters. The molecule has 0 spiro atoms. The van der Waals surface area contributed by atoms with Gasteiger partial charge in [-0.2, -0.15) is 0 Å². The van der Waals surface area contributed by atoms with Gasteiger partial charge in [-0.25, -0.2) is 0 Å². The highest BCUT2D eigenvalue weighted by Crippen LogP contribution is 2.43. The molecule has 0 saturated carbocycles. The van der Waals surface area contributed by atoms with Crippen LogP contribution in [0.1, 0.15) is 48.4 Å². The summed E-state index contributed by atoms with van der Waals surface area (Å²) in [5.74, 6) is -1.14. The molecule has 170 valence electrons. The summed E-state index contributed by atoms with van der Waals surface area (Å²) in [6, 6.07) is 12.2. The van der Waals surface area contributed by atoms with Crippen LogP contribution < -0.4 is 4.74 Å². The number of nitrogens with zero attached hydrogens (tertiary/aromatic N) is 2. The van der Waals surface area contributed by atoms with Crippen LogP contribution >= 0.6 is 11.3 Å². The van der Waals surface area contributed by atoms with Crippen molar-refractivity contribution in [1.82, 2.24) is 9.88 Å². The third-order valence-corrected chi connectivity index (χ3v) is 6.70. The van der Waals surface area contributed by atoms with Gasteiger partial charge in [-0.3, -0.25) is 14.6 Å². The summed E-state index contributed by atoms with van der Waals surface area (Å²) in [4.78, 5) is 32.7. The number of thiophene rings is 1. The summed E-state index contributed by atoms with van der Waals surface area (Å²) >= 11 is 1.44. The van der Waals surface area contributed by atoms with E-state index in [4.69, 9.17) is 4.74 Å². The second-order valence-electron chi connectivity index (χ2n) is 8.96. The normalized spacial score (nSPS) is 18.1. The summed E-state index contributed by atoms with van der Waals surface area (Å²) in [6.45, 7) is 6.43. The number of hydrogen-bond acceptors (Lipinski definition) is 6. The Morgan fingerprint density at radius 1 is 1.15 bits per heavy atom. The van der Waals surface area contributed by atoms with Gasteiger partial charge in [0.1, 0.15) is 11.5 Å². The Bertz CT molecular complexity index is 1210. The third kappa shape index (κ3) is 4.28. The van der Waals surface area contributed by atoms with Crippen LogP contribution in [0, 0.1) is 0 Å². The number of aliphatic hydroxyl groups excluding tert-OH is 1. The van der Waals surface area contributed by atoms with Crippen molar-refractivity contribution in [3.05, 3.63) is 87.4 Å². The Balaban J connectivity index is 1.89. The van der Waals surface area contributed by atoms with Crippen LogP contribution in [0.5, 0.6) is 5.75 Å². The number of rotatable bonds is 5. The van der Waals surface area contributed by atoms with E-state index in [1.54, 1.807) is 30.6 Å². The van der Waals surface area contributed by atoms with E-state index in [0.29, 0.717) is 11.3 Å². The van der Waals surface area contributed by atoms with Crippen molar-refractivity contribution in [2.45, 2.75) is 38.8 Å². The molecule has 4 rings (SSSR count). The fraction of sp³-hybridized carbons (Fsp3) is 0.269. The quantitative estimate of drug-likeness (QED) is 0.325. The van der Waals surface area contributed by atoms with Gasteiger partial charge in [0.15, 0.2) is 0 Å². The number of carbonyl (C=O) groups is 2. The summed E-state index contributed by atoms with van der Waals surface area (Å²) in [5, 5.41) is 13.3. The smallest absolute Gasteiger partial charge is 0.295 e. The Morgan fingerprint density at radius 2 is 1.88 bits per heavy atom. The van der Waals surface area contributed by atoms with Crippen molar-refractivity contribution in [1.29, 1.82) is 0 Å². The lowest BCUT2D eigenvalue weighted by molar-refractivity contribution is -0.140. The number of hydrogen-bond donors (Lipinski definition) is 1. The number of benzene rings is 1. The zero-order valence-electron chi connectivity index (χ0n) is 19.0. The van der Waals surface area contributed by atoms with Crippen LogP contribution in [0.3, 0.4) is 0 Å². The monoisotopic (exact) mass is 462 g/mol. The molecular weight excluding hydrogens is 436 g/mol. The molecule has 7 heteroatoms. The second kappa shape index (κ2) is 8.83. The van der Waals surface area contributed by atoms with Crippen LogP contribution in [0.2, 0.25) is 0 Å². The Hall–Kier alpha value is -3.45. The number of aliphatic hydroxyl groups is 1. The van der Waals surface area contributed by atoms with Gasteiger partial charge >= 0.3 is 0 Å². The van der Waals surface area contributed by atoms with E-state index >= 15 is 0 Å². The van der Waals surface area contributed by atoms with Crippen LogP contribution in [-0.4, -0.2) is 33.8 Å². The zero-order chi connectivity index (χ0) is 23.8. The highest BCUT2D eigenvalue weighted by atomic mass is 32.1. The van der Waals surface area contributed by atoms with Gasteiger partial charge in [0.2, 0.25) is 0 Å². The van der Waals surface area contributed by atoms with Crippen LogP contribution in [0.4, 0.5) is 0 Å². The highest BCUT2D eigenvalue weighted by Gasteiger charge is 2.46. The van der Waals surface area contributed by atoms with Crippen molar-refractivity contribution < 1.29 is 19.4 Å². The van der Waals surface area contributed by atoms with Crippen molar-refractivity contribution in [2.24, 2.45) is 0 Å². The van der Waals surface area contributed by atoms with E-state index in [2.05, 4.69) is 25.8 Å². The summed E-state index contributed by atoms with van der Waals surface area (Å²) < 4.78 is 5.50. The molecule has 3 heterocycles. The van der Waals surface area contributed by atoms with Gasteiger partial charge < -0.3 is 14.7 Å². The lowest BCUT2D eigenvalue weighted by Gasteiger charge is -2.25. The molecule has 1 aromatic carbocycles. The number of aromatic nitrogens is 1.